The van der Waals surface area contributed by atoms with Crippen molar-refractivity contribution in [2.24, 2.45) is 0 Å². The Hall–Kier alpha value is -3.67. The molecule has 8 nitrogen and oxygen atoms in total. The summed E-state index contributed by atoms with van der Waals surface area (Å²) in [6.45, 7) is 9.02. The molecule has 0 unspecified atom stereocenters. The van der Waals surface area contributed by atoms with E-state index in [-0.39, 0.29) is 12.4 Å². The number of rotatable bonds is 8. The molecule has 0 amide bonds. The molecular formula is C30H34N4O4. The normalized spacial score (nSPS) is 16.8. The third kappa shape index (κ3) is 4.57. The van der Waals surface area contributed by atoms with Gasteiger partial charge in [-0.3, -0.25) is 4.79 Å². The van der Waals surface area contributed by atoms with E-state index >= 15 is 0 Å². The largest absolute Gasteiger partial charge is 0.480 e. The summed E-state index contributed by atoms with van der Waals surface area (Å²) >= 11 is 0. The van der Waals surface area contributed by atoms with Crippen molar-refractivity contribution < 1.29 is 19.4 Å². The third-order valence-electron chi connectivity index (χ3n) is 8.04. The number of carbonyl (C=O) groups excluding carboxylic acids is 1. The molecule has 5 rings (SSSR count). The predicted octanol–water partition coefficient (Wildman–Crippen LogP) is 4.13. The van der Waals surface area contributed by atoms with Crippen LogP contribution in [0, 0.1) is 11.3 Å². The summed E-state index contributed by atoms with van der Waals surface area (Å²) in [5.41, 5.74) is 6.79. The van der Waals surface area contributed by atoms with E-state index in [1.807, 2.05) is 12.1 Å². The Labute approximate surface area is 222 Å². The Balaban J connectivity index is 1.39. The zero-order chi connectivity index (χ0) is 27.0. The molecular weight excluding hydrogens is 480 g/mol. The number of aryl methyl sites for hydroxylation is 1. The number of nitrogens with one attached hydrogen (secondary N) is 2. The number of benzene rings is 2. The minimum atomic E-state index is -0.950. The van der Waals surface area contributed by atoms with Gasteiger partial charge in [-0.15, -0.1) is 0 Å². The van der Waals surface area contributed by atoms with Gasteiger partial charge in [-0.1, -0.05) is 26.8 Å². The Bertz CT molecular complexity index is 1440. The standard InChI is InChI=1S/C30H34N4O4/c1-4-19-14-22-23(15-25(19)34-10-7-20(8-11-34)32-9-12-38-17-26(35)36)30(2,3)29-27(28(22)37)21-6-5-18(16-31)13-24(21)33-29/h5-6,13-15,20,32-33H,4,7-12,17H2,1-3H3,(H,35,36). The number of aromatic amines is 1. The zero-order valence-electron chi connectivity index (χ0n) is 22.2. The molecule has 198 valence electrons. The van der Waals surface area contributed by atoms with Gasteiger partial charge >= 0.3 is 5.97 Å². The molecule has 0 atom stereocenters. The lowest BCUT2D eigenvalue weighted by Crippen LogP contribution is -2.44. The molecule has 1 fully saturated rings. The lowest BCUT2D eigenvalue weighted by Gasteiger charge is -2.38. The first kappa shape index (κ1) is 26.0. The molecule has 0 saturated carbocycles. The highest BCUT2D eigenvalue weighted by Crippen LogP contribution is 2.46. The molecule has 0 radical (unpaired) electrons. The van der Waals surface area contributed by atoms with Gasteiger partial charge in [0.2, 0.25) is 0 Å². The van der Waals surface area contributed by atoms with Gasteiger partial charge in [0.15, 0.2) is 5.78 Å². The van der Waals surface area contributed by atoms with Gasteiger partial charge in [0.05, 0.1) is 23.8 Å². The molecule has 0 bridgehead atoms. The second-order valence-electron chi connectivity index (χ2n) is 10.7. The highest BCUT2D eigenvalue weighted by atomic mass is 16.5. The van der Waals surface area contributed by atoms with Crippen LogP contribution in [0.4, 0.5) is 5.69 Å². The number of carboxylic acids is 1. The van der Waals surface area contributed by atoms with Gasteiger partial charge in [0.1, 0.15) is 6.61 Å². The van der Waals surface area contributed by atoms with Crippen LogP contribution in [0.15, 0.2) is 30.3 Å². The van der Waals surface area contributed by atoms with Crippen LogP contribution >= 0.6 is 0 Å². The third-order valence-corrected chi connectivity index (χ3v) is 8.04. The van der Waals surface area contributed by atoms with Crippen molar-refractivity contribution in [3.8, 4) is 6.07 Å². The molecule has 1 aliphatic heterocycles. The van der Waals surface area contributed by atoms with Crippen LogP contribution < -0.4 is 10.2 Å². The SMILES string of the molecule is CCc1cc2c(cc1N1CCC(NCCOCC(=O)O)CC1)C(C)(C)c1[nH]c3cc(C#N)ccc3c1C2=O. The summed E-state index contributed by atoms with van der Waals surface area (Å²) in [4.78, 5) is 30.4. The van der Waals surface area contributed by atoms with E-state index in [9.17, 15) is 14.9 Å². The van der Waals surface area contributed by atoms with Gasteiger partial charge in [0, 0.05) is 58.9 Å². The first-order valence-electron chi connectivity index (χ1n) is 13.3. The molecule has 0 spiro atoms. The average molecular weight is 515 g/mol. The molecule has 2 aromatic carbocycles. The highest BCUT2D eigenvalue weighted by Gasteiger charge is 2.40. The Kier molecular flexibility index (Phi) is 6.99. The van der Waals surface area contributed by atoms with Gasteiger partial charge < -0.3 is 25.0 Å². The first-order chi connectivity index (χ1) is 18.2. The first-order valence-corrected chi connectivity index (χ1v) is 13.3. The Morgan fingerprint density at radius 2 is 2.03 bits per heavy atom. The Morgan fingerprint density at radius 3 is 2.71 bits per heavy atom. The van der Waals surface area contributed by atoms with E-state index in [1.54, 1.807) is 6.07 Å². The van der Waals surface area contributed by atoms with Gasteiger partial charge in [0.25, 0.3) is 0 Å². The van der Waals surface area contributed by atoms with Gasteiger partial charge in [-0.2, -0.15) is 5.26 Å². The number of nitriles is 1. The molecule has 2 heterocycles. The number of nitrogens with zero attached hydrogens (tertiary/aromatic N) is 2. The highest BCUT2D eigenvalue weighted by molar-refractivity contribution is 6.20. The number of carbonyl (C=O) groups is 2. The van der Waals surface area contributed by atoms with E-state index in [1.165, 1.54) is 11.3 Å². The fourth-order valence-corrected chi connectivity index (χ4v) is 5.98. The second kappa shape index (κ2) is 10.2. The number of piperidine rings is 1. The van der Waals surface area contributed by atoms with E-state index in [0.29, 0.717) is 24.8 Å². The number of hydrogen-bond donors (Lipinski definition) is 3. The monoisotopic (exact) mass is 514 g/mol. The van der Waals surface area contributed by atoms with Crippen molar-refractivity contribution in [1.82, 2.24) is 10.3 Å². The maximum Gasteiger partial charge on any atom is 0.329 e. The number of carboxylic acid groups (broad SMARTS) is 1. The predicted molar refractivity (Wildman–Crippen MR) is 146 cm³/mol. The van der Waals surface area contributed by atoms with Crippen molar-refractivity contribution in [3.05, 3.63) is 63.8 Å². The van der Waals surface area contributed by atoms with Crippen molar-refractivity contribution in [2.75, 3.05) is 37.7 Å². The molecule has 38 heavy (non-hydrogen) atoms. The van der Waals surface area contributed by atoms with Crippen LogP contribution in [0.25, 0.3) is 10.9 Å². The second-order valence-corrected chi connectivity index (χ2v) is 10.7. The molecule has 1 saturated heterocycles. The number of aromatic nitrogens is 1. The maximum atomic E-state index is 13.9. The smallest absolute Gasteiger partial charge is 0.329 e. The van der Waals surface area contributed by atoms with Crippen LogP contribution in [-0.4, -0.2) is 60.7 Å². The lowest BCUT2D eigenvalue weighted by atomic mass is 9.70. The van der Waals surface area contributed by atoms with Crippen molar-refractivity contribution in [1.29, 1.82) is 5.26 Å². The minimum absolute atomic E-state index is 0.0413. The van der Waals surface area contributed by atoms with Crippen LogP contribution in [-0.2, 0) is 21.4 Å². The zero-order valence-corrected chi connectivity index (χ0v) is 22.2. The summed E-state index contributed by atoms with van der Waals surface area (Å²) in [7, 11) is 0. The summed E-state index contributed by atoms with van der Waals surface area (Å²) in [5, 5.41) is 22.4. The molecule has 2 aliphatic rings. The van der Waals surface area contributed by atoms with Gasteiger partial charge in [-0.25, -0.2) is 4.79 Å². The molecule has 1 aromatic heterocycles. The number of anilines is 1. The summed E-state index contributed by atoms with van der Waals surface area (Å²) in [5.74, 6) is -0.909. The van der Waals surface area contributed by atoms with Crippen LogP contribution in [0.3, 0.4) is 0 Å². The number of H-pyrrole nitrogens is 1. The number of fused-ring (bicyclic) bond motifs is 4. The van der Waals surface area contributed by atoms with Crippen molar-refractivity contribution >= 4 is 28.3 Å². The molecule has 1 aliphatic carbocycles. The van der Waals surface area contributed by atoms with Crippen molar-refractivity contribution in [3.63, 3.8) is 0 Å². The summed E-state index contributed by atoms with van der Waals surface area (Å²) < 4.78 is 5.13. The summed E-state index contributed by atoms with van der Waals surface area (Å²) in [6, 6.07) is 12.4. The fourth-order valence-electron chi connectivity index (χ4n) is 5.98. The van der Waals surface area contributed by atoms with Gasteiger partial charge in [-0.05, 0) is 54.7 Å². The minimum Gasteiger partial charge on any atom is -0.480 e. The quantitative estimate of drug-likeness (QED) is 0.387. The molecule has 3 N–H and O–H groups in total. The van der Waals surface area contributed by atoms with E-state index < -0.39 is 11.4 Å². The number of aliphatic carboxylic acids is 1. The van der Waals surface area contributed by atoms with Crippen LogP contribution in [0.1, 0.15) is 71.9 Å². The average Bonchev–Trinajstić information content (AvgIpc) is 3.31. The van der Waals surface area contributed by atoms with E-state index in [2.05, 4.69) is 54.2 Å². The Morgan fingerprint density at radius 1 is 1.26 bits per heavy atom. The maximum absolute atomic E-state index is 13.9. The summed E-state index contributed by atoms with van der Waals surface area (Å²) in [6.07, 6.45) is 2.80. The molecule has 3 aromatic rings. The van der Waals surface area contributed by atoms with Crippen LogP contribution in [0.5, 0.6) is 0 Å². The van der Waals surface area contributed by atoms with Crippen molar-refractivity contribution in [2.45, 2.75) is 51.5 Å². The number of hydrogen-bond acceptors (Lipinski definition) is 6. The topological polar surface area (TPSA) is 118 Å². The van der Waals surface area contributed by atoms with Crippen LogP contribution in [0.2, 0.25) is 0 Å². The fraction of sp³-hybridized carbons (Fsp3) is 0.433. The number of ether oxygens (including phenoxy) is 1. The molecule has 8 heteroatoms. The van der Waals surface area contributed by atoms with E-state index in [0.717, 1.165) is 65.6 Å². The van der Waals surface area contributed by atoms with E-state index in [4.69, 9.17) is 9.84 Å². The number of ketones is 1. The lowest BCUT2D eigenvalue weighted by molar-refractivity contribution is -0.142.